The molecular formula is C29H31N5O5. The number of rotatable bonds is 8. The summed E-state index contributed by atoms with van der Waals surface area (Å²) in [6.45, 7) is 6.78. The fourth-order valence-electron chi connectivity index (χ4n) is 5.40. The van der Waals surface area contributed by atoms with Gasteiger partial charge in [0.05, 0.1) is 22.5 Å². The van der Waals surface area contributed by atoms with E-state index in [9.17, 15) is 24.3 Å². The van der Waals surface area contributed by atoms with Gasteiger partial charge in [-0.2, -0.15) is 5.10 Å². The minimum atomic E-state index is -1.16. The number of hydrogen-bond donors (Lipinski definition) is 1. The molecule has 1 unspecified atom stereocenters. The fourth-order valence-corrected chi connectivity index (χ4v) is 5.40. The zero-order valence-corrected chi connectivity index (χ0v) is 22.0. The molecule has 3 amide bonds. The third-order valence-electron chi connectivity index (χ3n) is 7.56. The van der Waals surface area contributed by atoms with E-state index in [1.54, 1.807) is 29.2 Å². The molecule has 10 nitrogen and oxygen atoms in total. The number of para-hydroxylation sites is 1. The Kier molecular flexibility index (Phi) is 7.30. The SMILES string of the molecule is Cc1nn(-c2ccccc2)c(C)c1CN1CCN(C(=O)C(CCC(=O)O)N2C(=O)c3ccccc3C2=O)CC1. The van der Waals surface area contributed by atoms with E-state index in [-0.39, 0.29) is 24.0 Å². The standard InChI is InChI=1S/C29H31N5O5/c1-19-24(20(2)34(30-19)21-8-4-3-5-9-21)18-31-14-16-32(17-15-31)29(39)25(12-13-26(35)36)33-27(37)22-10-6-7-11-23(22)28(33)38/h3-11,25H,12-18H2,1-2H3,(H,35,36). The second kappa shape index (κ2) is 10.8. The number of hydrogen-bond acceptors (Lipinski definition) is 6. The number of amides is 3. The third kappa shape index (κ3) is 5.07. The summed E-state index contributed by atoms with van der Waals surface area (Å²) >= 11 is 0. The van der Waals surface area contributed by atoms with Crippen molar-refractivity contribution in [2.24, 2.45) is 0 Å². The maximum atomic E-state index is 13.6. The Labute approximate surface area is 226 Å². The van der Waals surface area contributed by atoms with Crippen LogP contribution in [0.4, 0.5) is 0 Å². The number of piperazine rings is 1. The molecule has 0 aliphatic carbocycles. The van der Waals surface area contributed by atoms with Gasteiger partial charge < -0.3 is 10.0 Å². The average molecular weight is 530 g/mol. The maximum Gasteiger partial charge on any atom is 0.303 e. The summed E-state index contributed by atoms with van der Waals surface area (Å²) in [5.41, 5.74) is 4.64. The Hall–Kier alpha value is -4.31. The number of aryl methyl sites for hydroxylation is 1. The van der Waals surface area contributed by atoms with E-state index < -0.39 is 29.7 Å². The van der Waals surface area contributed by atoms with Crippen LogP contribution in [0.1, 0.15) is 50.5 Å². The smallest absolute Gasteiger partial charge is 0.303 e. The molecule has 202 valence electrons. The van der Waals surface area contributed by atoms with Gasteiger partial charge in [0.25, 0.3) is 11.8 Å². The summed E-state index contributed by atoms with van der Waals surface area (Å²) in [6.07, 6.45) is -0.454. The predicted molar refractivity (Wildman–Crippen MR) is 142 cm³/mol. The number of aromatic nitrogens is 2. The quantitative estimate of drug-likeness (QED) is 0.446. The number of imide groups is 1. The van der Waals surface area contributed by atoms with Gasteiger partial charge in [0.2, 0.25) is 5.91 Å². The Morgan fingerprint density at radius 2 is 1.49 bits per heavy atom. The highest BCUT2D eigenvalue weighted by Gasteiger charge is 2.44. The van der Waals surface area contributed by atoms with Crippen LogP contribution in [0.3, 0.4) is 0 Å². The zero-order valence-electron chi connectivity index (χ0n) is 22.0. The van der Waals surface area contributed by atoms with Crippen molar-refractivity contribution in [1.82, 2.24) is 24.5 Å². The number of carboxylic acid groups (broad SMARTS) is 1. The van der Waals surface area contributed by atoms with Crippen molar-refractivity contribution in [2.75, 3.05) is 26.2 Å². The minimum absolute atomic E-state index is 0.128. The molecule has 10 heteroatoms. The fraction of sp³-hybridized carbons (Fsp3) is 0.345. The van der Waals surface area contributed by atoms with E-state index in [0.717, 1.165) is 27.5 Å². The van der Waals surface area contributed by atoms with Crippen LogP contribution in [0.2, 0.25) is 0 Å². The van der Waals surface area contributed by atoms with Crippen molar-refractivity contribution in [2.45, 2.75) is 39.3 Å². The summed E-state index contributed by atoms with van der Waals surface area (Å²) in [6, 6.07) is 15.2. The van der Waals surface area contributed by atoms with Crippen molar-refractivity contribution in [1.29, 1.82) is 0 Å². The highest BCUT2D eigenvalue weighted by Crippen LogP contribution is 2.27. The molecule has 2 aliphatic heterocycles. The van der Waals surface area contributed by atoms with Crippen LogP contribution in [-0.4, -0.2) is 85.5 Å². The number of fused-ring (bicyclic) bond motifs is 1. The van der Waals surface area contributed by atoms with Gasteiger partial charge in [0, 0.05) is 50.4 Å². The molecule has 0 bridgehead atoms. The largest absolute Gasteiger partial charge is 0.481 e. The molecule has 1 aromatic heterocycles. The number of carbonyl (C=O) groups excluding carboxylic acids is 3. The minimum Gasteiger partial charge on any atom is -0.481 e. The van der Waals surface area contributed by atoms with E-state index in [4.69, 9.17) is 5.10 Å². The molecule has 3 aromatic rings. The maximum absolute atomic E-state index is 13.6. The molecule has 1 atom stereocenters. The van der Waals surface area contributed by atoms with Gasteiger partial charge in [0.1, 0.15) is 6.04 Å². The molecule has 0 radical (unpaired) electrons. The van der Waals surface area contributed by atoms with Crippen molar-refractivity contribution >= 4 is 23.7 Å². The molecule has 1 fully saturated rings. The van der Waals surface area contributed by atoms with Crippen molar-refractivity contribution in [3.8, 4) is 5.69 Å². The van der Waals surface area contributed by atoms with Crippen LogP contribution in [0.25, 0.3) is 5.69 Å². The topological polar surface area (TPSA) is 116 Å². The molecule has 3 heterocycles. The van der Waals surface area contributed by atoms with Crippen molar-refractivity contribution in [3.63, 3.8) is 0 Å². The first-order valence-corrected chi connectivity index (χ1v) is 13.1. The summed E-state index contributed by atoms with van der Waals surface area (Å²) < 4.78 is 1.94. The lowest BCUT2D eigenvalue weighted by Crippen LogP contribution is -2.56. The Morgan fingerprint density at radius 3 is 2.08 bits per heavy atom. The lowest BCUT2D eigenvalue weighted by Gasteiger charge is -2.37. The lowest BCUT2D eigenvalue weighted by atomic mass is 10.1. The number of carboxylic acids is 1. The molecule has 0 spiro atoms. The first kappa shape index (κ1) is 26.3. The van der Waals surface area contributed by atoms with Crippen LogP contribution >= 0.6 is 0 Å². The van der Waals surface area contributed by atoms with Crippen LogP contribution in [-0.2, 0) is 16.1 Å². The summed E-state index contributed by atoms with van der Waals surface area (Å²) in [5.74, 6) is -2.59. The van der Waals surface area contributed by atoms with Crippen LogP contribution in [0.15, 0.2) is 54.6 Å². The Bertz CT molecular complexity index is 1390. The van der Waals surface area contributed by atoms with E-state index in [1.165, 1.54) is 0 Å². The van der Waals surface area contributed by atoms with E-state index in [1.807, 2.05) is 41.9 Å². The van der Waals surface area contributed by atoms with Crippen molar-refractivity contribution < 1.29 is 24.3 Å². The Morgan fingerprint density at radius 1 is 0.897 bits per heavy atom. The molecule has 0 saturated carbocycles. The summed E-state index contributed by atoms with van der Waals surface area (Å²) in [4.78, 5) is 56.0. The van der Waals surface area contributed by atoms with Crippen LogP contribution in [0, 0.1) is 13.8 Å². The molecule has 2 aromatic carbocycles. The van der Waals surface area contributed by atoms with Crippen molar-refractivity contribution in [3.05, 3.63) is 82.7 Å². The molecule has 2 aliphatic rings. The average Bonchev–Trinajstić information content (AvgIpc) is 3.37. The van der Waals surface area contributed by atoms with Gasteiger partial charge in [-0.05, 0) is 44.5 Å². The third-order valence-corrected chi connectivity index (χ3v) is 7.56. The Balaban J connectivity index is 1.28. The van der Waals surface area contributed by atoms with Gasteiger partial charge in [-0.15, -0.1) is 0 Å². The first-order chi connectivity index (χ1) is 18.8. The van der Waals surface area contributed by atoms with Crippen LogP contribution in [0.5, 0.6) is 0 Å². The highest BCUT2D eigenvalue weighted by atomic mass is 16.4. The molecule has 5 rings (SSSR count). The van der Waals surface area contributed by atoms with E-state index in [2.05, 4.69) is 11.8 Å². The highest BCUT2D eigenvalue weighted by molar-refractivity contribution is 6.22. The van der Waals surface area contributed by atoms with E-state index in [0.29, 0.717) is 32.7 Å². The zero-order chi connectivity index (χ0) is 27.7. The number of nitrogens with zero attached hydrogens (tertiary/aromatic N) is 5. The molecule has 1 saturated heterocycles. The summed E-state index contributed by atoms with van der Waals surface area (Å²) in [5, 5.41) is 14.0. The molecule has 1 N–H and O–H groups in total. The predicted octanol–water partition coefficient (Wildman–Crippen LogP) is 2.66. The number of benzene rings is 2. The second-order valence-electron chi connectivity index (χ2n) is 9.97. The summed E-state index contributed by atoms with van der Waals surface area (Å²) in [7, 11) is 0. The lowest BCUT2D eigenvalue weighted by molar-refractivity contribution is -0.139. The number of aliphatic carboxylic acids is 1. The normalized spacial score (nSPS) is 16.5. The van der Waals surface area contributed by atoms with Gasteiger partial charge in [0.15, 0.2) is 0 Å². The first-order valence-electron chi connectivity index (χ1n) is 13.1. The molecule has 39 heavy (non-hydrogen) atoms. The second-order valence-corrected chi connectivity index (χ2v) is 9.97. The van der Waals surface area contributed by atoms with Gasteiger partial charge in [-0.25, -0.2) is 4.68 Å². The van der Waals surface area contributed by atoms with E-state index >= 15 is 0 Å². The number of carbonyl (C=O) groups is 4. The van der Waals surface area contributed by atoms with Crippen LogP contribution < -0.4 is 0 Å². The van der Waals surface area contributed by atoms with Gasteiger partial charge in [-0.1, -0.05) is 30.3 Å². The monoisotopic (exact) mass is 529 g/mol. The van der Waals surface area contributed by atoms with Gasteiger partial charge >= 0.3 is 5.97 Å². The van der Waals surface area contributed by atoms with Gasteiger partial charge in [-0.3, -0.25) is 29.0 Å². The molecular weight excluding hydrogens is 498 g/mol.